The smallest absolute Gasteiger partial charge is 0.235 e. The van der Waals surface area contributed by atoms with Gasteiger partial charge in [-0.2, -0.15) is 20.1 Å². The number of aromatic nitrogens is 5. The van der Waals surface area contributed by atoms with Gasteiger partial charge in [0.2, 0.25) is 17.8 Å². The number of nitrogens with one attached hydrogen (secondary N) is 3. The molecule has 1 aliphatic rings. The molecule has 3 aromatic rings. The quantitative estimate of drug-likeness (QED) is 0.525. The summed E-state index contributed by atoms with van der Waals surface area (Å²) in [4.78, 5) is 12.3. The molecular weight excluding hydrogens is 354 g/mol. The number of nitrogens with zero attached hydrogens (tertiary/aromatic N) is 4. The summed E-state index contributed by atoms with van der Waals surface area (Å²) in [5, 5.41) is 13.1. The monoisotopic (exact) mass is 372 g/mol. The van der Waals surface area contributed by atoms with E-state index in [1.165, 1.54) is 12.1 Å². The minimum Gasteiger partial charge on any atom is -0.368 e. The zero-order chi connectivity index (χ0) is 19.0. The summed E-state index contributed by atoms with van der Waals surface area (Å²) in [5.41, 5.74) is 7.10. The van der Waals surface area contributed by atoms with Crippen LogP contribution in [0.15, 0.2) is 24.3 Å². The highest BCUT2D eigenvalue weighted by Crippen LogP contribution is 2.39. The Labute approximate surface area is 153 Å². The summed E-state index contributed by atoms with van der Waals surface area (Å²) < 4.78 is 27.0. The molecule has 0 bridgehead atoms. The van der Waals surface area contributed by atoms with E-state index >= 15 is 0 Å². The molecule has 0 unspecified atom stereocenters. The first-order valence-electron chi connectivity index (χ1n) is 8.53. The molecule has 1 aliphatic carbocycles. The normalized spacial score (nSPS) is 14.8. The summed E-state index contributed by atoms with van der Waals surface area (Å²) in [5.74, 6) is 0.208. The number of nitrogens with two attached hydrogens (primary N) is 1. The van der Waals surface area contributed by atoms with Crippen molar-refractivity contribution < 1.29 is 8.78 Å². The second-order valence-electron chi connectivity index (χ2n) is 6.48. The first-order valence-corrected chi connectivity index (χ1v) is 8.53. The van der Waals surface area contributed by atoms with Crippen LogP contribution in [-0.2, 0) is 0 Å². The average Bonchev–Trinajstić information content (AvgIpc) is 3.34. The zero-order valence-corrected chi connectivity index (χ0v) is 14.5. The summed E-state index contributed by atoms with van der Waals surface area (Å²) in [6.07, 6.45) is 2.32. The van der Waals surface area contributed by atoms with Crippen LogP contribution in [0.3, 0.4) is 0 Å². The van der Waals surface area contributed by atoms with Crippen LogP contribution < -0.4 is 16.4 Å². The molecule has 1 fully saturated rings. The van der Waals surface area contributed by atoms with Crippen LogP contribution >= 0.6 is 0 Å². The lowest BCUT2D eigenvalue weighted by atomic mass is 10.1. The number of hydrogen-bond acceptors (Lipinski definition) is 7. The van der Waals surface area contributed by atoms with Gasteiger partial charge in [-0.1, -0.05) is 6.07 Å². The van der Waals surface area contributed by atoms with Crippen molar-refractivity contribution in [3.63, 3.8) is 0 Å². The van der Waals surface area contributed by atoms with Crippen molar-refractivity contribution in [1.82, 2.24) is 25.1 Å². The Morgan fingerprint density at radius 1 is 1.15 bits per heavy atom. The Balaban J connectivity index is 1.50. The minimum atomic E-state index is -0.653. The molecule has 140 valence electrons. The molecule has 2 aromatic heterocycles. The van der Waals surface area contributed by atoms with Gasteiger partial charge < -0.3 is 16.4 Å². The van der Waals surface area contributed by atoms with E-state index in [1.54, 1.807) is 6.92 Å². The Kier molecular flexibility index (Phi) is 4.30. The number of aromatic amines is 1. The Bertz CT molecular complexity index is 969. The fraction of sp³-hybridized carbons (Fsp3) is 0.294. The van der Waals surface area contributed by atoms with Crippen LogP contribution in [0.1, 0.15) is 43.0 Å². The lowest BCUT2D eigenvalue weighted by molar-refractivity contribution is 0.566. The third kappa shape index (κ3) is 3.94. The Hall–Kier alpha value is -3.30. The number of hydrogen-bond donors (Lipinski definition) is 4. The summed E-state index contributed by atoms with van der Waals surface area (Å²) in [6, 6.07) is 4.79. The molecule has 0 amide bonds. The number of rotatable bonds is 6. The second-order valence-corrected chi connectivity index (χ2v) is 6.48. The van der Waals surface area contributed by atoms with Gasteiger partial charge in [-0.05, 0) is 25.8 Å². The first kappa shape index (κ1) is 17.1. The van der Waals surface area contributed by atoms with E-state index in [2.05, 4.69) is 35.8 Å². The van der Waals surface area contributed by atoms with Gasteiger partial charge in [-0.3, -0.25) is 5.10 Å². The average molecular weight is 372 g/mol. The molecule has 0 aliphatic heterocycles. The van der Waals surface area contributed by atoms with Crippen molar-refractivity contribution in [3.05, 3.63) is 47.2 Å². The van der Waals surface area contributed by atoms with Crippen molar-refractivity contribution in [2.75, 3.05) is 16.4 Å². The van der Waals surface area contributed by atoms with Crippen molar-refractivity contribution in [2.45, 2.75) is 31.7 Å². The van der Waals surface area contributed by atoms with E-state index in [0.29, 0.717) is 11.7 Å². The van der Waals surface area contributed by atoms with E-state index in [9.17, 15) is 8.78 Å². The highest BCUT2D eigenvalue weighted by Gasteiger charge is 2.25. The molecule has 0 radical (unpaired) electrons. The van der Waals surface area contributed by atoms with Gasteiger partial charge in [0.25, 0.3) is 0 Å². The highest BCUT2D eigenvalue weighted by atomic mass is 19.1. The van der Waals surface area contributed by atoms with E-state index in [4.69, 9.17) is 5.73 Å². The molecule has 0 saturated heterocycles. The second kappa shape index (κ2) is 6.78. The fourth-order valence-electron chi connectivity index (χ4n) is 2.76. The fourth-order valence-corrected chi connectivity index (χ4v) is 2.76. The Morgan fingerprint density at radius 3 is 2.67 bits per heavy atom. The molecule has 1 atom stereocenters. The SMILES string of the molecule is C[C@@H](Nc1nc(N)nc(Nc2cc(C3CC3)[nH]n2)n1)c1ccc(F)cc1F. The number of halogens is 2. The topological polar surface area (TPSA) is 117 Å². The third-order valence-electron chi connectivity index (χ3n) is 4.28. The van der Waals surface area contributed by atoms with Crippen molar-refractivity contribution >= 4 is 23.7 Å². The number of nitrogen functional groups attached to an aromatic ring is 1. The lowest BCUT2D eigenvalue weighted by Gasteiger charge is -2.15. The lowest BCUT2D eigenvalue weighted by Crippen LogP contribution is -2.14. The van der Waals surface area contributed by atoms with E-state index in [1.807, 2.05) is 6.07 Å². The zero-order valence-electron chi connectivity index (χ0n) is 14.5. The standard InChI is InChI=1S/C17H18F2N8/c1-8(11-5-4-10(18)6-12(11)19)21-16-23-15(20)24-17(25-16)22-14-7-13(26-27-14)9-2-3-9/h4-9H,2-3H2,1H3,(H5,20,21,22,23,24,25,26,27)/t8-/m1/s1. The summed E-state index contributed by atoms with van der Waals surface area (Å²) >= 11 is 0. The van der Waals surface area contributed by atoms with Crippen LogP contribution in [-0.4, -0.2) is 25.1 Å². The number of anilines is 4. The summed E-state index contributed by atoms with van der Waals surface area (Å²) in [7, 11) is 0. The molecule has 1 aromatic carbocycles. The molecular formula is C17H18F2N8. The molecule has 4 rings (SSSR count). The molecule has 27 heavy (non-hydrogen) atoms. The van der Waals surface area contributed by atoms with Gasteiger partial charge in [0, 0.05) is 29.3 Å². The van der Waals surface area contributed by atoms with Crippen LogP contribution in [0.2, 0.25) is 0 Å². The molecule has 5 N–H and O–H groups in total. The summed E-state index contributed by atoms with van der Waals surface area (Å²) in [6.45, 7) is 1.71. The maximum Gasteiger partial charge on any atom is 0.235 e. The van der Waals surface area contributed by atoms with E-state index in [-0.39, 0.29) is 23.4 Å². The van der Waals surface area contributed by atoms with Gasteiger partial charge >= 0.3 is 0 Å². The maximum atomic E-state index is 13.9. The van der Waals surface area contributed by atoms with Crippen LogP contribution in [0, 0.1) is 11.6 Å². The van der Waals surface area contributed by atoms with Gasteiger partial charge in [-0.15, -0.1) is 0 Å². The third-order valence-corrected chi connectivity index (χ3v) is 4.28. The predicted octanol–water partition coefficient (Wildman–Crippen LogP) is 3.25. The Morgan fingerprint density at radius 2 is 1.93 bits per heavy atom. The van der Waals surface area contributed by atoms with E-state index < -0.39 is 17.7 Å². The maximum absolute atomic E-state index is 13.9. The molecule has 8 nitrogen and oxygen atoms in total. The van der Waals surface area contributed by atoms with Gasteiger partial charge in [-0.25, -0.2) is 8.78 Å². The van der Waals surface area contributed by atoms with Crippen LogP contribution in [0.5, 0.6) is 0 Å². The predicted molar refractivity (Wildman–Crippen MR) is 96.5 cm³/mol. The van der Waals surface area contributed by atoms with Crippen LogP contribution in [0.4, 0.5) is 32.4 Å². The number of benzene rings is 1. The van der Waals surface area contributed by atoms with Gasteiger partial charge in [0.15, 0.2) is 5.82 Å². The highest BCUT2D eigenvalue weighted by molar-refractivity contribution is 5.52. The molecule has 10 heteroatoms. The van der Waals surface area contributed by atoms with E-state index in [0.717, 1.165) is 24.6 Å². The van der Waals surface area contributed by atoms with Crippen molar-refractivity contribution in [1.29, 1.82) is 0 Å². The van der Waals surface area contributed by atoms with Crippen molar-refractivity contribution in [3.8, 4) is 0 Å². The van der Waals surface area contributed by atoms with Crippen LogP contribution in [0.25, 0.3) is 0 Å². The largest absolute Gasteiger partial charge is 0.368 e. The van der Waals surface area contributed by atoms with Crippen molar-refractivity contribution in [2.24, 2.45) is 0 Å². The minimum absolute atomic E-state index is 0.000250. The van der Waals surface area contributed by atoms with Gasteiger partial charge in [0.05, 0.1) is 6.04 Å². The molecule has 0 spiro atoms. The first-order chi connectivity index (χ1) is 13.0. The number of H-pyrrole nitrogens is 1. The molecule has 1 saturated carbocycles. The molecule has 2 heterocycles. The van der Waals surface area contributed by atoms with Gasteiger partial charge in [0.1, 0.15) is 11.6 Å².